The Morgan fingerprint density at radius 1 is 1.43 bits per heavy atom. The van der Waals surface area contributed by atoms with Crippen molar-refractivity contribution in [2.24, 2.45) is 11.7 Å². The van der Waals surface area contributed by atoms with Crippen LogP contribution in [0.2, 0.25) is 0 Å². The van der Waals surface area contributed by atoms with Crippen LogP contribution in [0, 0.1) is 5.92 Å². The molecule has 0 heterocycles. The highest BCUT2D eigenvalue weighted by Gasteiger charge is 2.25. The molecule has 4 heteroatoms. The number of rotatable bonds is 3. The van der Waals surface area contributed by atoms with Gasteiger partial charge in [-0.15, -0.1) is 12.4 Å². The summed E-state index contributed by atoms with van der Waals surface area (Å²) in [5.41, 5.74) is 5.26. The van der Waals surface area contributed by atoms with Crippen LogP contribution in [0.15, 0.2) is 0 Å². The minimum atomic E-state index is -0.496. The zero-order valence-corrected chi connectivity index (χ0v) is 10.5. The van der Waals surface area contributed by atoms with E-state index in [-0.39, 0.29) is 24.3 Å². The average molecular weight is 224 g/mol. The smallest absolute Gasteiger partial charge is 0.323 e. The fraction of sp³-hybridized carbons (Fsp3) is 0.900. The number of hydrogen-bond acceptors (Lipinski definition) is 3. The lowest BCUT2D eigenvalue weighted by Gasteiger charge is -2.24. The van der Waals surface area contributed by atoms with Crippen LogP contribution in [0.25, 0.3) is 0 Å². The second-order valence-electron chi connectivity index (χ2n) is 4.44. The number of esters is 1. The summed E-state index contributed by atoms with van der Waals surface area (Å²) in [6, 6.07) is -0.496. The number of nitrogens with two attached hydrogens (primary N) is 1. The summed E-state index contributed by atoms with van der Waals surface area (Å²) >= 11 is 0. The van der Waals surface area contributed by atoms with Gasteiger partial charge < -0.3 is 10.5 Å². The molecule has 0 aromatic carbocycles. The Morgan fingerprint density at radius 3 is 2.14 bits per heavy atom. The van der Waals surface area contributed by atoms with Gasteiger partial charge in [0.1, 0.15) is 11.6 Å². The Balaban J connectivity index is 0. The van der Waals surface area contributed by atoms with Crippen LogP contribution in [0.3, 0.4) is 0 Å². The highest BCUT2D eigenvalue weighted by atomic mass is 35.5. The van der Waals surface area contributed by atoms with Crippen LogP contribution in [0.4, 0.5) is 0 Å². The summed E-state index contributed by atoms with van der Waals surface area (Å²) in [6.45, 7) is 9.49. The molecule has 2 unspecified atom stereocenters. The predicted molar refractivity (Wildman–Crippen MR) is 60.5 cm³/mol. The molecular formula is C10H22ClNO2. The topological polar surface area (TPSA) is 52.3 Å². The van der Waals surface area contributed by atoms with E-state index < -0.39 is 11.6 Å². The fourth-order valence-corrected chi connectivity index (χ4v) is 0.856. The zero-order valence-electron chi connectivity index (χ0n) is 9.66. The molecule has 3 nitrogen and oxygen atoms in total. The van der Waals surface area contributed by atoms with Crippen LogP contribution in [0.5, 0.6) is 0 Å². The summed E-state index contributed by atoms with van der Waals surface area (Å²) in [4.78, 5) is 11.4. The van der Waals surface area contributed by atoms with E-state index in [1.165, 1.54) is 0 Å². The maximum atomic E-state index is 11.4. The quantitative estimate of drug-likeness (QED) is 0.746. The van der Waals surface area contributed by atoms with Gasteiger partial charge in [0.25, 0.3) is 0 Å². The summed E-state index contributed by atoms with van der Waals surface area (Å²) < 4.78 is 5.16. The monoisotopic (exact) mass is 223 g/mol. The lowest BCUT2D eigenvalue weighted by Crippen LogP contribution is -2.41. The molecule has 0 aliphatic heterocycles. The number of ether oxygens (including phenoxy) is 1. The van der Waals surface area contributed by atoms with Gasteiger partial charge in [-0.25, -0.2) is 0 Å². The van der Waals surface area contributed by atoms with Gasteiger partial charge in [0.2, 0.25) is 0 Å². The molecule has 0 rings (SSSR count). The normalized spacial score (nSPS) is 15.3. The van der Waals surface area contributed by atoms with Crippen LogP contribution < -0.4 is 5.73 Å². The number of carbonyl (C=O) groups excluding carboxylic acids is 1. The number of halogens is 1. The SMILES string of the molecule is CCC(C)C(N)C(=O)OC(C)(C)C.Cl. The van der Waals surface area contributed by atoms with Crippen LogP contribution in [0.1, 0.15) is 41.0 Å². The van der Waals surface area contributed by atoms with Crippen molar-refractivity contribution >= 4 is 18.4 Å². The van der Waals surface area contributed by atoms with Gasteiger partial charge in [0.15, 0.2) is 0 Å². The van der Waals surface area contributed by atoms with E-state index in [1.807, 2.05) is 34.6 Å². The first-order chi connectivity index (χ1) is 5.78. The Morgan fingerprint density at radius 2 is 1.86 bits per heavy atom. The first-order valence-electron chi connectivity index (χ1n) is 4.76. The maximum Gasteiger partial charge on any atom is 0.323 e. The van der Waals surface area contributed by atoms with Gasteiger partial charge in [-0.2, -0.15) is 0 Å². The molecule has 0 radical (unpaired) electrons. The lowest BCUT2D eigenvalue weighted by atomic mass is 10.00. The van der Waals surface area contributed by atoms with Gasteiger partial charge >= 0.3 is 5.97 Å². The standard InChI is InChI=1S/C10H21NO2.ClH/c1-6-7(2)8(11)9(12)13-10(3,4)5;/h7-8H,6,11H2,1-5H3;1H. The van der Waals surface area contributed by atoms with E-state index in [9.17, 15) is 4.79 Å². The molecule has 0 aromatic rings. The molecule has 0 saturated carbocycles. The Kier molecular flexibility index (Phi) is 7.21. The van der Waals surface area contributed by atoms with Crippen LogP contribution in [-0.2, 0) is 9.53 Å². The van der Waals surface area contributed by atoms with Crippen molar-refractivity contribution in [2.45, 2.75) is 52.7 Å². The molecule has 2 N–H and O–H groups in total. The molecule has 0 aromatic heterocycles. The Labute approximate surface area is 92.8 Å². The van der Waals surface area contributed by atoms with Gasteiger partial charge in [-0.05, 0) is 26.7 Å². The van der Waals surface area contributed by atoms with Crippen molar-refractivity contribution in [3.63, 3.8) is 0 Å². The summed E-state index contributed by atoms with van der Waals surface area (Å²) in [6.07, 6.45) is 0.889. The second kappa shape index (κ2) is 6.25. The van der Waals surface area contributed by atoms with Gasteiger partial charge in [-0.3, -0.25) is 4.79 Å². The minimum absolute atomic E-state index is 0. The van der Waals surface area contributed by atoms with E-state index in [2.05, 4.69) is 0 Å². The van der Waals surface area contributed by atoms with Crippen molar-refractivity contribution < 1.29 is 9.53 Å². The molecule has 14 heavy (non-hydrogen) atoms. The molecule has 86 valence electrons. The molecule has 0 amide bonds. The Hall–Kier alpha value is -0.280. The zero-order chi connectivity index (χ0) is 10.6. The third-order valence-electron chi connectivity index (χ3n) is 1.94. The molecule has 0 aliphatic rings. The fourth-order valence-electron chi connectivity index (χ4n) is 0.856. The van der Waals surface area contributed by atoms with Crippen molar-refractivity contribution in [2.75, 3.05) is 0 Å². The maximum absolute atomic E-state index is 11.4. The third-order valence-corrected chi connectivity index (χ3v) is 1.94. The molecule has 0 saturated heterocycles. The number of carbonyl (C=O) groups is 1. The predicted octanol–water partition coefficient (Wildman–Crippen LogP) is 2.12. The van der Waals surface area contributed by atoms with Crippen molar-refractivity contribution in [1.29, 1.82) is 0 Å². The molecule has 0 aliphatic carbocycles. The minimum Gasteiger partial charge on any atom is -0.459 e. The molecular weight excluding hydrogens is 202 g/mol. The highest BCUT2D eigenvalue weighted by molar-refractivity contribution is 5.85. The lowest BCUT2D eigenvalue weighted by molar-refractivity contribution is -0.157. The van der Waals surface area contributed by atoms with E-state index in [0.717, 1.165) is 6.42 Å². The first kappa shape index (κ1) is 16.2. The van der Waals surface area contributed by atoms with E-state index in [1.54, 1.807) is 0 Å². The Bertz CT molecular complexity index is 177. The van der Waals surface area contributed by atoms with E-state index in [4.69, 9.17) is 10.5 Å². The summed E-state index contributed by atoms with van der Waals surface area (Å²) in [5.74, 6) is -0.128. The van der Waals surface area contributed by atoms with Crippen LogP contribution >= 0.6 is 12.4 Å². The highest BCUT2D eigenvalue weighted by Crippen LogP contribution is 2.12. The van der Waals surface area contributed by atoms with Gasteiger partial charge in [0, 0.05) is 0 Å². The van der Waals surface area contributed by atoms with Crippen molar-refractivity contribution in [3.8, 4) is 0 Å². The molecule has 0 bridgehead atoms. The van der Waals surface area contributed by atoms with Crippen molar-refractivity contribution in [1.82, 2.24) is 0 Å². The van der Waals surface area contributed by atoms with Crippen LogP contribution in [-0.4, -0.2) is 17.6 Å². The van der Waals surface area contributed by atoms with Gasteiger partial charge in [0.05, 0.1) is 0 Å². The average Bonchev–Trinajstić information content (AvgIpc) is 1.98. The largest absolute Gasteiger partial charge is 0.459 e. The number of hydrogen-bond donors (Lipinski definition) is 1. The van der Waals surface area contributed by atoms with E-state index >= 15 is 0 Å². The summed E-state index contributed by atoms with van der Waals surface area (Å²) in [7, 11) is 0. The molecule has 2 atom stereocenters. The summed E-state index contributed by atoms with van der Waals surface area (Å²) in [5, 5.41) is 0. The first-order valence-corrected chi connectivity index (χ1v) is 4.76. The molecule has 0 spiro atoms. The van der Waals surface area contributed by atoms with Crippen molar-refractivity contribution in [3.05, 3.63) is 0 Å². The van der Waals surface area contributed by atoms with E-state index in [0.29, 0.717) is 0 Å². The third kappa shape index (κ3) is 6.22. The molecule has 0 fully saturated rings. The van der Waals surface area contributed by atoms with Gasteiger partial charge in [-0.1, -0.05) is 20.3 Å². The second-order valence-corrected chi connectivity index (χ2v) is 4.44.